The summed E-state index contributed by atoms with van der Waals surface area (Å²) in [6, 6.07) is 7.16. The van der Waals surface area contributed by atoms with Crippen molar-refractivity contribution < 1.29 is 9.47 Å². The summed E-state index contributed by atoms with van der Waals surface area (Å²) in [5.41, 5.74) is 6.28. The van der Waals surface area contributed by atoms with Gasteiger partial charge in [0.15, 0.2) is 0 Å². The Morgan fingerprint density at radius 3 is 2.28 bits per heavy atom. The molecule has 0 aromatic heterocycles. The van der Waals surface area contributed by atoms with Crippen LogP contribution in [-0.4, -0.2) is 19.2 Å². The molecular formula is C12H13N3O2S. The van der Waals surface area contributed by atoms with Crippen LogP contribution in [0.4, 0.5) is 5.69 Å². The first-order valence-corrected chi connectivity index (χ1v) is 5.41. The third kappa shape index (κ3) is 3.64. The van der Waals surface area contributed by atoms with Gasteiger partial charge < -0.3 is 20.5 Å². The van der Waals surface area contributed by atoms with Crippen LogP contribution in [0.2, 0.25) is 0 Å². The third-order valence-corrected chi connectivity index (χ3v) is 2.34. The van der Waals surface area contributed by atoms with Gasteiger partial charge in [0, 0.05) is 30.1 Å². The highest BCUT2D eigenvalue weighted by atomic mass is 32.1. The number of anilines is 1. The van der Waals surface area contributed by atoms with Crippen molar-refractivity contribution in [1.82, 2.24) is 0 Å². The Morgan fingerprint density at radius 1 is 1.33 bits per heavy atom. The molecule has 0 unspecified atom stereocenters. The molecule has 0 spiro atoms. The van der Waals surface area contributed by atoms with E-state index in [1.165, 1.54) is 6.20 Å². The van der Waals surface area contributed by atoms with Crippen molar-refractivity contribution in [2.24, 2.45) is 5.73 Å². The molecule has 0 aliphatic rings. The largest absolute Gasteiger partial charge is 0.497 e. The lowest BCUT2D eigenvalue weighted by atomic mass is 10.2. The molecule has 0 saturated heterocycles. The number of nitrogens with one attached hydrogen (secondary N) is 1. The van der Waals surface area contributed by atoms with E-state index in [1.54, 1.807) is 32.4 Å². The van der Waals surface area contributed by atoms with Gasteiger partial charge in [0.2, 0.25) is 0 Å². The predicted molar refractivity (Wildman–Crippen MR) is 73.7 cm³/mol. The second-order valence-electron chi connectivity index (χ2n) is 3.28. The van der Waals surface area contributed by atoms with E-state index in [0.29, 0.717) is 17.2 Å². The Balaban J connectivity index is 2.97. The maximum atomic E-state index is 8.80. The van der Waals surface area contributed by atoms with Gasteiger partial charge in [-0.05, 0) is 0 Å². The molecule has 3 N–H and O–H groups in total. The van der Waals surface area contributed by atoms with Crippen molar-refractivity contribution in [1.29, 1.82) is 5.26 Å². The van der Waals surface area contributed by atoms with Crippen molar-refractivity contribution in [3.8, 4) is 17.6 Å². The van der Waals surface area contributed by atoms with E-state index in [-0.39, 0.29) is 10.6 Å². The van der Waals surface area contributed by atoms with Gasteiger partial charge in [-0.25, -0.2) is 0 Å². The molecular weight excluding hydrogens is 250 g/mol. The zero-order chi connectivity index (χ0) is 13.5. The molecule has 0 amide bonds. The quantitative estimate of drug-likeness (QED) is 0.479. The number of hydrogen-bond acceptors (Lipinski definition) is 5. The molecule has 1 aromatic rings. The zero-order valence-corrected chi connectivity index (χ0v) is 10.9. The van der Waals surface area contributed by atoms with Crippen LogP contribution in [0, 0.1) is 11.3 Å². The summed E-state index contributed by atoms with van der Waals surface area (Å²) in [5.74, 6) is 1.28. The van der Waals surface area contributed by atoms with Crippen molar-refractivity contribution >= 4 is 22.9 Å². The molecule has 0 aliphatic carbocycles. The highest BCUT2D eigenvalue weighted by Crippen LogP contribution is 2.25. The van der Waals surface area contributed by atoms with Crippen LogP contribution in [0.3, 0.4) is 0 Å². The minimum atomic E-state index is 0.0415. The molecule has 5 nitrogen and oxygen atoms in total. The summed E-state index contributed by atoms with van der Waals surface area (Å²) in [5, 5.41) is 11.7. The Morgan fingerprint density at radius 2 is 1.89 bits per heavy atom. The molecule has 0 heterocycles. The smallest absolute Gasteiger partial charge is 0.124 e. The van der Waals surface area contributed by atoms with Crippen molar-refractivity contribution in [3.05, 3.63) is 30.0 Å². The fraction of sp³-hybridized carbons (Fsp3) is 0.167. The van der Waals surface area contributed by atoms with Gasteiger partial charge >= 0.3 is 0 Å². The highest BCUT2D eigenvalue weighted by molar-refractivity contribution is 7.80. The van der Waals surface area contributed by atoms with E-state index in [2.05, 4.69) is 5.32 Å². The minimum absolute atomic E-state index is 0.0415. The molecule has 6 heteroatoms. The number of nitrogens with two attached hydrogens (primary N) is 1. The maximum Gasteiger partial charge on any atom is 0.124 e. The topological polar surface area (TPSA) is 80.3 Å². The second-order valence-corrected chi connectivity index (χ2v) is 3.72. The Labute approximate surface area is 111 Å². The van der Waals surface area contributed by atoms with E-state index in [4.69, 9.17) is 32.7 Å². The molecule has 0 atom stereocenters. The van der Waals surface area contributed by atoms with Gasteiger partial charge in [-0.1, -0.05) is 12.2 Å². The standard InChI is InChI=1S/C12H13N3O2S/c1-16-10-3-9(4-11(5-10)17-2)15-7-8(6-13)12(14)18/h3-5,7,15H,1-2H3,(H2,14,18). The number of nitriles is 1. The Bertz CT molecular complexity index is 498. The van der Waals surface area contributed by atoms with Gasteiger partial charge in [0.25, 0.3) is 0 Å². The van der Waals surface area contributed by atoms with Crippen LogP contribution in [-0.2, 0) is 0 Å². The number of nitrogens with zero attached hydrogens (tertiary/aromatic N) is 1. The van der Waals surface area contributed by atoms with Crippen LogP contribution in [0.25, 0.3) is 0 Å². The first-order chi connectivity index (χ1) is 8.60. The van der Waals surface area contributed by atoms with E-state index in [9.17, 15) is 0 Å². The van der Waals surface area contributed by atoms with Crippen molar-refractivity contribution in [2.75, 3.05) is 19.5 Å². The van der Waals surface area contributed by atoms with E-state index >= 15 is 0 Å². The Hall–Kier alpha value is -2.26. The van der Waals surface area contributed by atoms with Gasteiger partial charge in [-0.15, -0.1) is 0 Å². The number of methoxy groups -OCH3 is 2. The van der Waals surface area contributed by atoms with Crippen LogP contribution >= 0.6 is 12.2 Å². The Kier molecular flexibility index (Phi) is 4.96. The van der Waals surface area contributed by atoms with Crippen LogP contribution in [0.1, 0.15) is 0 Å². The van der Waals surface area contributed by atoms with E-state index < -0.39 is 0 Å². The molecule has 94 valence electrons. The SMILES string of the molecule is COc1cc(NC=C(C#N)C(N)=S)cc(OC)c1. The third-order valence-electron chi connectivity index (χ3n) is 2.12. The first-order valence-electron chi connectivity index (χ1n) is 5.00. The van der Waals surface area contributed by atoms with Crippen LogP contribution in [0.15, 0.2) is 30.0 Å². The average Bonchev–Trinajstić information content (AvgIpc) is 2.38. The number of thiocarbonyl (C=S) groups is 1. The molecule has 1 aromatic carbocycles. The van der Waals surface area contributed by atoms with Gasteiger partial charge in [0.05, 0.1) is 14.2 Å². The zero-order valence-electron chi connectivity index (χ0n) is 10.1. The molecule has 0 fully saturated rings. The van der Waals surface area contributed by atoms with Crippen LogP contribution < -0.4 is 20.5 Å². The maximum absolute atomic E-state index is 8.80. The second kappa shape index (κ2) is 6.47. The van der Waals surface area contributed by atoms with Crippen molar-refractivity contribution in [2.45, 2.75) is 0 Å². The van der Waals surface area contributed by atoms with Crippen molar-refractivity contribution in [3.63, 3.8) is 0 Å². The van der Waals surface area contributed by atoms with Gasteiger partial charge in [0.1, 0.15) is 28.1 Å². The number of rotatable bonds is 5. The summed E-state index contributed by atoms with van der Waals surface area (Å²) in [4.78, 5) is 0.0415. The first kappa shape index (κ1) is 13.8. The normalized spacial score (nSPS) is 10.4. The summed E-state index contributed by atoms with van der Waals surface area (Å²) < 4.78 is 10.2. The fourth-order valence-corrected chi connectivity index (χ4v) is 1.31. The summed E-state index contributed by atoms with van der Waals surface area (Å²) in [7, 11) is 3.12. The monoisotopic (exact) mass is 263 g/mol. The highest BCUT2D eigenvalue weighted by Gasteiger charge is 2.02. The molecule has 1 rings (SSSR count). The fourth-order valence-electron chi connectivity index (χ4n) is 1.20. The number of hydrogen-bond donors (Lipinski definition) is 2. The average molecular weight is 263 g/mol. The van der Waals surface area contributed by atoms with E-state index in [0.717, 1.165) is 0 Å². The predicted octanol–water partition coefficient (Wildman–Crippen LogP) is 1.81. The molecule has 18 heavy (non-hydrogen) atoms. The lowest BCUT2D eigenvalue weighted by Gasteiger charge is -2.08. The van der Waals surface area contributed by atoms with E-state index in [1.807, 2.05) is 6.07 Å². The van der Waals surface area contributed by atoms with Crippen LogP contribution in [0.5, 0.6) is 11.5 Å². The molecule has 0 bridgehead atoms. The number of ether oxygens (including phenoxy) is 2. The summed E-state index contributed by atoms with van der Waals surface area (Å²) in [6.45, 7) is 0. The lowest BCUT2D eigenvalue weighted by Crippen LogP contribution is -2.11. The molecule has 0 aliphatic heterocycles. The molecule has 0 radical (unpaired) electrons. The summed E-state index contributed by atoms with van der Waals surface area (Å²) >= 11 is 4.73. The summed E-state index contributed by atoms with van der Waals surface area (Å²) in [6.07, 6.45) is 1.44. The molecule has 0 saturated carbocycles. The van der Waals surface area contributed by atoms with Gasteiger partial charge in [-0.2, -0.15) is 5.26 Å². The minimum Gasteiger partial charge on any atom is -0.497 e. The lowest BCUT2D eigenvalue weighted by molar-refractivity contribution is 0.395. The van der Waals surface area contributed by atoms with Gasteiger partial charge in [-0.3, -0.25) is 0 Å². The number of benzene rings is 1.